The molecule has 0 bridgehead atoms. The highest BCUT2D eigenvalue weighted by molar-refractivity contribution is 6.34. The number of amides is 1. The molecule has 2 aromatic rings. The highest BCUT2D eigenvalue weighted by atomic mass is 35.5. The van der Waals surface area contributed by atoms with Gasteiger partial charge in [-0.3, -0.25) is 4.79 Å². The predicted octanol–water partition coefficient (Wildman–Crippen LogP) is 4.37. The lowest BCUT2D eigenvalue weighted by Crippen LogP contribution is -2.08. The van der Waals surface area contributed by atoms with Gasteiger partial charge in [-0.2, -0.15) is 0 Å². The van der Waals surface area contributed by atoms with Crippen LogP contribution in [0.5, 0.6) is 11.5 Å². The van der Waals surface area contributed by atoms with Crippen LogP contribution >= 0.6 is 23.2 Å². The van der Waals surface area contributed by atoms with E-state index in [2.05, 4.69) is 5.32 Å². The van der Waals surface area contributed by atoms with Crippen molar-refractivity contribution in [1.82, 2.24) is 0 Å². The molecule has 6 heteroatoms. The van der Waals surface area contributed by atoms with Crippen molar-refractivity contribution in [1.29, 1.82) is 0 Å². The largest absolute Gasteiger partial charge is 0.454 e. The van der Waals surface area contributed by atoms with Gasteiger partial charge in [0.2, 0.25) is 12.7 Å². The van der Waals surface area contributed by atoms with Crippen LogP contribution in [0.3, 0.4) is 0 Å². The molecule has 0 saturated carbocycles. The second-order valence-electron chi connectivity index (χ2n) is 4.56. The molecule has 1 heterocycles. The Morgan fingerprint density at radius 2 is 1.77 bits per heavy atom. The number of nitrogens with one attached hydrogen (secondary N) is 1. The number of carbonyl (C=O) groups is 1. The first-order valence-electron chi connectivity index (χ1n) is 6.45. The number of rotatable bonds is 3. The third-order valence-electron chi connectivity index (χ3n) is 3.02. The number of benzene rings is 2. The van der Waals surface area contributed by atoms with Crippen molar-refractivity contribution >= 4 is 40.9 Å². The fourth-order valence-corrected chi connectivity index (χ4v) is 2.26. The number of anilines is 1. The van der Waals surface area contributed by atoms with Crippen molar-refractivity contribution in [2.45, 2.75) is 0 Å². The average Bonchev–Trinajstić information content (AvgIpc) is 2.94. The lowest BCUT2D eigenvalue weighted by molar-refractivity contribution is -0.111. The standard InChI is InChI=1S/C16H11Cl2NO3/c17-11-4-1-10(2-5-11)3-6-16(20)19-13-8-15-14(7-12(13)18)21-9-22-15/h1-8H,9H2,(H,19,20)/b6-3+. The summed E-state index contributed by atoms with van der Waals surface area (Å²) in [5.74, 6) is 0.830. The summed E-state index contributed by atoms with van der Waals surface area (Å²) in [4.78, 5) is 12.0. The third kappa shape index (κ3) is 3.35. The number of ether oxygens (including phenoxy) is 2. The fraction of sp³-hybridized carbons (Fsp3) is 0.0625. The normalized spacial score (nSPS) is 12.6. The van der Waals surface area contributed by atoms with E-state index in [1.165, 1.54) is 6.08 Å². The minimum absolute atomic E-state index is 0.152. The maximum Gasteiger partial charge on any atom is 0.248 e. The van der Waals surface area contributed by atoms with E-state index in [4.69, 9.17) is 32.7 Å². The summed E-state index contributed by atoms with van der Waals surface area (Å²) in [7, 11) is 0. The molecule has 0 aromatic heterocycles. The van der Waals surface area contributed by atoms with E-state index in [-0.39, 0.29) is 12.7 Å². The molecule has 0 aliphatic carbocycles. The van der Waals surface area contributed by atoms with Crippen molar-refractivity contribution in [3.63, 3.8) is 0 Å². The summed E-state index contributed by atoms with van der Waals surface area (Å²) in [5.41, 5.74) is 1.34. The van der Waals surface area contributed by atoms with Gasteiger partial charge < -0.3 is 14.8 Å². The van der Waals surface area contributed by atoms with Crippen molar-refractivity contribution in [3.05, 3.63) is 58.1 Å². The summed E-state index contributed by atoms with van der Waals surface area (Å²) in [6.45, 7) is 0.152. The predicted molar refractivity (Wildman–Crippen MR) is 86.7 cm³/mol. The molecule has 0 fully saturated rings. The van der Waals surface area contributed by atoms with Gasteiger partial charge in [-0.05, 0) is 23.8 Å². The molecule has 4 nitrogen and oxygen atoms in total. The Hall–Kier alpha value is -2.17. The van der Waals surface area contributed by atoms with Crippen molar-refractivity contribution in [3.8, 4) is 11.5 Å². The molecule has 112 valence electrons. The molecule has 1 N–H and O–H groups in total. The van der Waals surface area contributed by atoms with E-state index < -0.39 is 0 Å². The highest BCUT2D eigenvalue weighted by Gasteiger charge is 2.17. The van der Waals surface area contributed by atoms with Crippen molar-refractivity contribution in [2.24, 2.45) is 0 Å². The van der Waals surface area contributed by atoms with Crippen LogP contribution in [0, 0.1) is 0 Å². The molecular weight excluding hydrogens is 325 g/mol. The van der Waals surface area contributed by atoms with Gasteiger partial charge in [-0.1, -0.05) is 35.3 Å². The monoisotopic (exact) mass is 335 g/mol. The lowest BCUT2D eigenvalue weighted by atomic mass is 10.2. The second-order valence-corrected chi connectivity index (χ2v) is 5.40. The Morgan fingerprint density at radius 1 is 1.09 bits per heavy atom. The summed E-state index contributed by atoms with van der Waals surface area (Å²) < 4.78 is 10.5. The molecule has 2 aromatic carbocycles. The molecule has 1 aliphatic heterocycles. The maximum atomic E-state index is 12.0. The van der Waals surface area contributed by atoms with E-state index in [0.29, 0.717) is 27.2 Å². The van der Waals surface area contributed by atoms with Gasteiger partial charge in [0.1, 0.15) is 0 Å². The number of hydrogen-bond acceptors (Lipinski definition) is 3. The van der Waals surface area contributed by atoms with E-state index in [1.807, 2.05) is 12.1 Å². The quantitative estimate of drug-likeness (QED) is 0.847. The smallest absolute Gasteiger partial charge is 0.248 e. The number of fused-ring (bicyclic) bond motifs is 1. The van der Waals surface area contributed by atoms with E-state index in [9.17, 15) is 4.79 Å². The van der Waals surface area contributed by atoms with E-state index in [1.54, 1.807) is 30.3 Å². The van der Waals surface area contributed by atoms with Gasteiger partial charge in [0.25, 0.3) is 0 Å². The maximum absolute atomic E-state index is 12.0. The molecule has 3 rings (SSSR count). The van der Waals surface area contributed by atoms with Gasteiger partial charge in [-0.25, -0.2) is 0 Å². The zero-order chi connectivity index (χ0) is 15.5. The Bertz CT molecular complexity index is 742. The van der Waals surface area contributed by atoms with Crippen molar-refractivity contribution in [2.75, 3.05) is 12.1 Å². The van der Waals surface area contributed by atoms with E-state index in [0.717, 1.165) is 5.56 Å². The lowest BCUT2D eigenvalue weighted by Gasteiger charge is -2.06. The summed E-state index contributed by atoms with van der Waals surface area (Å²) >= 11 is 11.9. The van der Waals surface area contributed by atoms with Crippen LogP contribution in [0.4, 0.5) is 5.69 Å². The Kier molecular flexibility index (Phi) is 4.22. The van der Waals surface area contributed by atoms with Crippen LogP contribution in [-0.2, 0) is 4.79 Å². The summed E-state index contributed by atoms with van der Waals surface area (Å²) in [5, 5.41) is 3.74. The average molecular weight is 336 g/mol. The van der Waals surface area contributed by atoms with Crippen LogP contribution in [0.25, 0.3) is 6.08 Å². The molecule has 22 heavy (non-hydrogen) atoms. The first-order chi connectivity index (χ1) is 10.6. The van der Waals surface area contributed by atoms with Crippen LogP contribution < -0.4 is 14.8 Å². The molecule has 0 atom stereocenters. The van der Waals surface area contributed by atoms with Crippen LogP contribution in [0.2, 0.25) is 10.0 Å². The first-order valence-corrected chi connectivity index (χ1v) is 7.21. The van der Waals surface area contributed by atoms with Crippen molar-refractivity contribution < 1.29 is 14.3 Å². The SMILES string of the molecule is O=C(/C=C/c1ccc(Cl)cc1)Nc1cc2c(cc1Cl)OCO2. The number of hydrogen-bond donors (Lipinski definition) is 1. The molecule has 0 radical (unpaired) electrons. The molecule has 1 aliphatic rings. The van der Waals surface area contributed by atoms with E-state index >= 15 is 0 Å². The molecule has 0 unspecified atom stereocenters. The topological polar surface area (TPSA) is 47.6 Å². The van der Waals surface area contributed by atoms with Crippen LogP contribution in [0.15, 0.2) is 42.5 Å². The third-order valence-corrected chi connectivity index (χ3v) is 3.58. The number of halogens is 2. The number of carbonyl (C=O) groups excluding carboxylic acids is 1. The van der Waals surface area contributed by atoms with Gasteiger partial charge in [-0.15, -0.1) is 0 Å². The Morgan fingerprint density at radius 3 is 2.50 bits per heavy atom. The molecule has 0 spiro atoms. The molecular formula is C16H11Cl2NO3. The summed E-state index contributed by atoms with van der Waals surface area (Å²) in [6.07, 6.45) is 3.11. The van der Waals surface area contributed by atoms with Gasteiger partial charge >= 0.3 is 0 Å². The minimum Gasteiger partial charge on any atom is -0.454 e. The molecule has 1 amide bonds. The minimum atomic E-state index is -0.296. The van der Waals surface area contributed by atoms with Crippen LogP contribution in [-0.4, -0.2) is 12.7 Å². The fourth-order valence-electron chi connectivity index (χ4n) is 1.93. The zero-order valence-corrected chi connectivity index (χ0v) is 12.8. The first kappa shape index (κ1) is 14.8. The molecule has 0 saturated heterocycles. The summed E-state index contributed by atoms with van der Waals surface area (Å²) in [6, 6.07) is 10.4. The van der Waals surface area contributed by atoms with Gasteiger partial charge in [0.05, 0.1) is 10.7 Å². The second kappa shape index (κ2) is 6.30. The Balaban J connectivity index is 1.70. The van der Waals surface area contributed by atoms with Gasteiger partial charge in [0.15, 0.2) is 11.5 Å². The Labute approximate surface area is 137 Å². The van der Waals surface area contributed by atoms with Crippen LogP contribution in [0.1, 0.15) is 5.56 Å². The zero-order valence-electron chi connectivity index (χ0n) is 11.3. The van der Waals surface area contributed by atoms with Gasteiger partial charge in [0, 0.05) is 23.2 Å². The highest BCUT2D eigenvalue weighted by Crippen LogP contribution is 2.39.